The zero-order valence-corrected chi connectivity index (χ0v) is 35.2. The first-order chi connectivity index (χ1) is 28.6. The summed E-state index contributed by atoms with van der Waals surface area (Å²) in [5, 5.41) is 0. The summed E-state index contributed by atoms with van der Waals surface area (Å²) in [4.78, 5) is 5.14. The Kier molecular flexibility index (Phi) is 8.90. The first kappa shape index (κ1) is 37.3. The largest absolute Gasteiger partial charge is 0.497 e. The second kappa shape index (κ2) is 14.1. The SMILES string of the molecule is COc1ccc(N(c2ccc3c(c2)C2c4ccccc4C4c5cc(C(C)(C)N(c6ccc(OC)cc6)C6C=CC=CC6)ccc5CC24C3)C(C)(C)c2ccccc2)cc1. The molecule has 1 spiro atoms. The van der Waals surface area contributed by atoms with Crippen molar-refractivity contribution < 1.29 is 9.47 Å². The standard InChI is InChI=1S/C55H54N2O2/c1-53(2,39-15-9-7-10-16-39)57(43-27-31-46(59-6)32-28-43)44-24-22-38-36-55-35-37-21-23-40(33-49(37)51(55)47-19-13-14-20-48(47)52(55)50(38)34-44)54(3,4)56(41-17-11-8-12-18-41)42-25-29-45(58-5)30-26-42/h7-17,19-34,41,51-52H,18,35-36H2,1-6H3. The van der Waals surface area contributed by atoms with Gasteiger partial charge in [-0.25, -0.2) is 0 Å². The number of allylic oxidation sites excluding steroid dienone is 2. The Hall–Kier alpha value is -6.00. The Balaban J connectivity index is 1.06. The van der Waals surface area contributed by atoms with Crippen LogP contribution < -0.4 is 19.3 Å². The van der Waals surface area contributed by atoms with E-state index in [1.165, 1.54) is 55.9 Å². The maximum absolute atomic E-state index is 5.60. The molecule has 6 aromatic rings. The second-order valence-corrected chi connectivity index (χ2v) is 18.1. The lowest BCUT2D eigenvalue weighted by Crippen LogP contribution is -2.48. The van der Waals surface area contributed by atoms with Crippen LogP contribution in [0.1, 0.15) is 90.5 Å². The van der Waals surface area contributed by atoms with E-state index in [0.29, 0.717) is 11.8 Å². The summed E-state index contributed by atoms with van der Waals surface area (Å²) >= 11 is 0. The minimum Gasteiger partial charge on any atom is -0.497 e. The lowest BCUT2D eigenvalue weighted by atomic mass is 9.71. The summed E-state index contributed by atoms with van der Waals surface area (Å²) < 4.78 is 11.2. The molecule has 0 heterocycles. The molecule has 4 unspecified atom stereocenters. The Morgan fingerprint density at radius 3 is 1.68 bits per heavy atom. The molecule has 0 aromatic heterocycles. The third kappa shape index (κ3) is 5.86. The lowest BCUT2D eigenvalue weighted by Gasteiger charge is -2.46. The molecule has 0 N–H and O–H groups in total. The highest BCUT2D eigenvalue weighted by molar-refractivity contribution is 5.72. The second-order valence-electron chi connectivity index (χ2n) is 18.1. The smallest absolute Gasteiger partial charge is 0.119 e. The molecule has 296 valence electrons. The minimum atomic E-state index is -0.327. The Labute approximate surface area is 350 Å². The molecule has 0 amide bonds. The molecule has 4 atom stereocenters. The summed E-state index contributed by atoms with van der Waals surface area (Å²) in [7, 11) is 3.47. The van der Waals surface area contributed by atoms with Gasteiger partial charge >= 0.3 is 0 Å². The third-order valence-corrected chi connectivity index (χ3v) is 14.3. The highest BCUT2D eigenvalue weighted by Crippen LogP contribution is 2.70. The van der Waals surface area contributed by atoms with Crippen LogP contribution in [-0.2, 0) is 23.9 Å². The molecule has 4 nitrogen and oxygen atoms in total. The van der Waals surface area contributed by atoms with Crippen molar-refractivity contribution in [2.75, 3.05) is 24.0 Å². The molecule has 0 fully saturated rings. The van der Waals surface area contributed by atoms with E-state index in [1.807, 2.05) is 0 Å². The predicted octanol–water partition coefficient (Wildman–Crippen LogP) is 12.8. The first-order valence-corrected chi connectivity index (χ1v) is 21.3. The van der Waals surface area contributed by atoms with Crippen LogP contribution in [0.15, 0.2) is 164 Å². The molecule has 4 aliphatic carbocycles. The van der Waals surface area contributed by atoms with Gasteiger partial charge < -0.3 is 19.3 Å². The van der Waals surface area contributed by atoms with Crippen molar-refractivity contribution in [3.63, 3.8) is 0 Å². The number of hydrogen-bond donors (Lipinski definition) is 0. The summed E-state index contributed by atoms with van der Waals surface area (Å²) in [5.74, 6) is 2.38. The van der Waals surface area contributed by atoms with Crippen LogP contribution in [0.25, 0.3) is 0 Å². The van der Waals surface area contributed by atoms with Gasteiger partial charge in [0.15, 0.2) is 0 Å². The fourth-order valence-electron chi connectivity index (χ4n) is 11.6. The van der Waals surface area contributed by atoms with Crippen molar-refractivity contribution in [2.45, 2.75) is 75.9 Å². The van der Waals surface area contributed by atoms with E-state index in [2.05, 4.69) is 201 Å². The van der Waals surface area contributed by atoms with Gasteiger partial charge in [-0.3, -0.25) is 0 Å². The number of hydrogen-bond acceptors (Lipinski definition) is 4. The van der Waals surface area contributed by atoms with E-state index < -0.39 is 0 Å². The predicted molar refractivity (Wildman–Crippen MR) is 243 cm³/mol. The van der Waals surface area contributed by atoms with Gasteiger partial charge in [0.1, 0.15) is 11.5 Å². The van der Waals surface area contributed by atoms with E-state index in [4.69, 9.17) is 9.47 Å². The number of ether oxygens (including phenoxy) is 2. The molecule has 4 aliphatic rings. The van der Waals surface area contributed by atoms with Crippen molar-refractivity contribution in [3.05, 3.63) is 208 Å². The van der Waals surface area contributed by atoms with E-state index in [0.717, 1.165) is 36.4 Å². The number of methoxy groups -OCH3 is 2. The van der Waals surface area contributed by atoms with E-state index in [1.54, 1.807) is 14.2 Å². The van der Waals surface area contributed by atoms with Gasteiger partial charge in [-0.2, -0.15) is 0 Å². The van der Waals surface area contributed by atoms with Crippen LogP contribution in [0.4, 0.5) is 17.1 Å². The average molecular weight is 775 g/mol. The van der Waals surface area contributed by atoms with E-state index in [9.17, 15) is 0 Å². The molecule has 10 rings (SSSR count). The highest BCUT2D eigenvalue weighted by atomic mass is 16.5. The molecule has 0 bridgehead atoms. The van der Waals surface area contributed by atoms with Crippen molar-refractivity contribution in [3.8, 4) is 11.5 Å². The molecule has 0 saturated heterocycles. The number of nitrogens with zero attached hydrogens (tertiary/aromatic N) is 2. The van der Waals surface area contributed by atoms with Crippen LogP contribution in [0.3, 0.4) is 0 Å². The number of benzene rings is 6. The zero-order valence-electron chi connectivity index (χ0n) is 35.2. The van der Waals surface area contributed by atoms with E-state index >= 15 is 0 Å². The monoisotopic (exact) mass is 774 g/mol. The van der Waals surface area contributed by atoms with Crippen LogP contribution in [0, 0.1) is 5.41 Å². The maximum atomic E-state index is 5.60. The van der Waals surface area contributed by atoms with Crippen molar-refractivity contribution >= 4 is 17.1 Å². The topological polar surface area (TPSA) is 24.9 Å². The van der Waals surface area contributed by atoms with Gasteiger partial charge in [-0.05, 0) is 152 Å². The summed E-state index contributed by atoms with van der Waals surface area (Å²) in [6.07, 6.45) is 12.1. The molecule has 6 aromatic carbocycles. The quantitative estimate of drug-likeness (QED) is 0.138. The number of anilines is 3. The highest BCUT2D eigenvalue weighted by Gasteiger charge is 2.61. The van der Waals surface area contributed by atoms with Gasteiger partial charge in [0.05, 0.1) is 31.3 Å². The van der Waals surface area contributed by atoms with Gasteiger partial charge in [-0.1, -0.05) is 103 Å². The molecule has 0 saturated carbocycles. The lowest BCUT2D eigenvalue weighted by molar-refractivity contribution is 0.281. The van der Waals surface area contributed by atoms with Crippen LogP contribution in [0.2, 0.25) is 0 Å². The van der Waals surface area contributed by atoms with Gasteiger partial charge in [0.25, 0.3) is 0 Å². The van der Waals surface area contributed by atoms with Crippen LogP contribution >= 0.6 is 0 Å². The summed E-state index contributed by atoms with van der Waals surface area (Å²) in [6, 6.07) is 52.5. The van der Waals surface area contributed by atoms with Crippen molar-refractivity contribution in [2.24, 2.45) is 5.41 Å². The van der Waals surface area contributed by atoms with Gasteiger partial charge in [0.2, 0.25) is 0 Å². The molecule has 4 heteroatoms. The van der Waals surface area contributed by atoms with Crippen LogP contribution in [-0.4, -0.2) is 20.3 Å². The van der Waals surface area contributed by atoms with Gasteiger partial charge in [0, 0.05) is 34.3 Å². The Morgan fingerprint density at radius 1 is 0.525 bits per heavy atom. The molecular formula is C55H54N2O2. The molecule has 0 aliphatic heterocycles. The number of fused-ring (bicyclic) bond motifs is 7. The summed E-state index contributed by atoms with van der Waals surface area (Å²) in [5.41, 5.74) is 14.6. The van der Waals surface area contributed by atoms with Crippen LogP contribution in [0.5, 0.6) is 11.5 Å². The van der Waals surface area contributed by atoms with Gasteiger partial charge in [-0.15, -0.1) is 0 Å². The molecular weight excluding hydrogens is 721 g/mol. The first-order valence-electron chi connectivity index (χ1n) is 21.3. The Bertz CT molecular complexity index is 2590. The molecule has 0 radical (unpaired) electrons. The van der Waals surface area contributed by atoms with E-state index in [-0.39, 0.29) is 22.5 Å². The fourth-order valence-corrected chi connectivity index (χ4v) is 11.6. The minimum absolute atomic E-state index is 0.0577. The zero-order chi connectivity index (χ0) is 40.5. The fraction of sp³-hybridized carbons (Fsp3) is 0.273. The third-order valence-electron chi connectivity index (χ3n) is 14.3. The normalized spacial score (nSPS) is 20.9. The average Bonchev–Trinajstić information content (AvgIpc) is 3.86. The summed E-state index contributed by atoms with van der Waals surface area (Å²) in [6.45, 7) is 9.48. The Morgan fingerprint density at radius 2 is 1.08 bits per heavy atom. The van der Waals surface area contributed by atoms with Crippen molar-refractivity contribution in [1.82, 2.24) is 0 Å². The van der Waals surface area contributed by atoms with Crippen molar-refractivity contribution in [1.29, 1.82) is 0 Å². The maximum Gasteiger partial charge on any atom is 0.119 e. The molecule has 59 heavy (non-hydrogen) atoms. The number of rotatable bonds is 10.